The highest BCUT2D eigenvalue weighted by Crippen LogP contribution is 2.35. The third-order valence-corrected chi connectivity index (χ3v) is 6.78. The molecule has 33 heavy (non-hydrogen) atoms. The Bertz CT molecular complexity index is 1180. The van der Waals surface area contributed by atoms with Crippen LogP contribution in [0.15, 0.2) is 97.1 Å². The largest absolute Gasteiger partial charge is 0.493 e. The van der Waals surface area contributed by atoms with E-state index < -0.39 is 5.60 Å². The van der Waals surface area contributed by atoms with E-state index in [1.807, 2.05) is 12.1 Å². The van der Waals surface area contributed by atoms with Crippen molar-refractivity contribution in [3.05, 3.63) is 114 Å². The van der Waals surface area contributed by atoms with Crippen molar-refractivity contribution < 1.29 is 9.84 Å². The molecule has 3 nitrogen and oxygen atoms in total. The lowest BCUT2D eigenvalue weighted by Gasteiger charge is -2.38. The summed E-state index contributed by atoms with van der Waals surface area (Å²) in [5.74, 6) is 0.888. The Morgan fingerprint density at radius 1 is 0.727 bits per heavy atom. The summed E-state index contributed by atoms with van der Waals surface area (Å²) in [5, 5.41) is 13.7. The number of hydrogen-bond donors (Lipinski definition) is 1. The van der Waals surface area contributed by atoms with Crippen molar-refractivity contribution in [3.63, 3.8) is 0 Å². The fourth-order valence-electron chi connectivity index (χ4n) is 4.75. The van der Waals surface area contributed by atoms with E-state index in [9.17, 15) is 5.11 Å². The topological polar surface area (TPSA) is 32.7 Å². The standard InChI is InChI=1S/C30H31NO2/c32-30(16-18-31(19-17-30)23-25-9-5-2-6-10-25)28-13-11-27-22-29(14-12-26(27)21-28)33-20-15-24-7-3-1-4-8-24/h1-14,21-22,32H,15-20,23H2. The zero-order valence-electron chi connectivity index (χ0n) is 19.0. The zero-order chi connectivity index (χ0) is 22.5. The summed E-state index contributed by atoms with van der Waals surface area (Å²) in [7, 11) is 0. The molecule has 4 aromatic carbocycles. The predicted octanol–water partition coefficient (Wildman–Crippen LogP) is 5.94. The van der Waals surface area contributed by atoms with Crippen molar-refractivity contribution in [2.75, 3.05) is 19.7 Å². The molecule has 0 amide bonds. The van der Waals surface area contributed by atoms with Gasteiger partial charge in [-0.1, -0.05) is 78.9 Å². The molecule has 1 saturated heterocycles. The van der Waals surface area contributed by atoms with Gasteiger partial charge in [0.15, 0.2) is 0 Å². The number of hydrogen-bond acceptors (Lipinski definition) is 3. The summed E-state index contributed by atoms with van der Waals surface area (Å²) < 4.78 is 5.99. The lowest BCUT2D eigenvalue weighted by molar-refractivity contribution is -0.0276. The molecule has 1 fully saturated rings. The van der Waals surface area contributed by atoms with Crippen molar-refractivity contribution >= 4 is 10.8 Å². The summed E-state index contributed by atoms with van der Waals surface area (Å²) in [5.41, 5.74) is 2.88. The van der Waals surface area contributed by atoms with E-state index in [2.05, 4.69) is 89.8 Å². The van der Waals surface area contributed by atoms with E-state index in [4.69, 9.17) is 4.74 Å². The van der Waals surface area contributed by atoms with Gasteiger partial charge in [-0.2, -0.15) is 0 Å². The normalized spacial score (nSPS) is 16.0. The monoisotopic (exact) mass is 437 g/mol. The highest BCUT2D eigenvalue weighted by atomic mass is 16.5. The Morgan fingerprint density at radius 3 is 2.09 bits per heavy atom. The minimum Gasteiger partial charge on any atom is -0.493 e. The van der Waals surface area contributed by atoms with Crippen LogP contribution in [0.2, 0.25) is 0 Å². The van der Waals surface area contributed by atoms with Gasteiger partial charge in [-0.05, 0) is 58.5 Å². The van der Waals surface area contributed by atoms with Crippen LogP contribution in [0.3, 0.4) is 0 Å². The summed E-state index contributed by atoms with van der Waals surface area (Å²) in [6.07, 6.45) is 2.41. The number of likely N-dealkylation sites (tertiary alicyclic amines) is 1. The van der Waals surface area contributed by atoms with Crippen LogP contribution in [0.4, 0.5) is 0 Å². The van der Waals surface area contributed by atoms with Crippen LogP contribution >= 0.6 is 0 Å². The number of piperidine rings is 1. The van der Waals surface area contributed by atoms with Gasteiger partial charge < -0.3 is 9.84 Å². The number of ether oxygens (including phenoxy) is 1. The first-order valence-electron chi connectivity index (χ1n) is 11.9. The second kappa shape index (κ2) is 9.78. The molecule has 5 rings (SSSR count). The first-order valence-corrected chi connectivity index (χ1v) is 11.9. The van der Waals surface area contributed by atoms with Gasteiger partial charge in [-0.15, -0.1) is 0 Å². The molecule has 3 heteroatoms. The molecule has 4 aromatic rings. The van der Waals surface area contributed by atoms with Crippen LogP contribution in [0.5, 0.6) is 5.75 Å². The number of benzene rings is 4. The Kier molecular flexibility index (Phi) is 6.43. The van der Waals surface area contributed by atoms with Gasteiger partial charge in [0.05, 0.1) is 12.2 Å². The van der Waals surface area contributed by atoms with Crippen molar-refractivity contribution in [1.29, 1.82) is 0 Å². The zero-order valence-corrected chi connectivity index (χ0v) is 19.0. The molecule has 0 aliphatic carbocycles. The molecule has 0 radical (unpaired) electrons. The van der Waals surface area contributed by atoms with E-state index in [-0.39, 0.29) is 0 Å². The van der Waals surface area contributed by atoms with Crippen LogP contribution in [-0.4, -0.2) is 29.7 Å². The van der Waals surface area contributed by atoms with Gasteiger partial charge in [-0.3, -0.25) is 4.90 Å². The molecule has 0 spiro atoms. The number of fused-ring (bicyclic) bond motifs is 1. The van der Waals surface area contributed by atoms with E-state index >= 15 is 0 Å². The second-order valence-corrected chi connectivity index (χ2v) is 9.10. The molecule has 0 bridgehead atoms. The van der Waals surface area contributed by atoms with E-state index in [1.165, 1.54) is 11.1 Å². The van der Waals surface area contributed by atoms with Crippen molar-refractivity contribution in [2.45, 2.75) is 31.4 Å². The van der Waals surface area contributed by atoms with Crippen LogP contribution in [0, 0.1) is 0 Å². The number of aliphatic hydroxyl groups is 1. The molecular formula is C30H31NO2. The van der Waals surface area contributed by atoms with Gasteiger partial charge in [0.2, 0.25) is 0 Å². The lowest BCUT2D eigenvalue weighted by atomic mass is 9.83. The molecule has 1 N–H and O–H groups in total. The van der Waals surface area contributed by atoms with Crippen LogP contribution < -0.4 is 4.74 Å². The molecule has 0 atom stereocenters. The maximum atomic E-state index is 11.4. The minimum absolute atomic E-state index is 0.660. The second-order valence-electron chi connectivity index (χ2n) is 9.10. The molecule has 0 saturated carbocycles. The third-order valence-electron chi connectivity index (χ3n) is 6.78. The van der Waals surface area contributed by atoms with Crippen LogP contribution in [0.25, 0.3) is 10.8 Å². The average molecular weight is 438 g/mol. The first-order chi connectivity index (χ1) is 16.2. The van der Waals surface area contributed by atoms with Crippen molar-refractivity contribution in [3.8, 4) is 5.75 Å². The molecule has 1 aliphatic heterocycles. The predicted molar refractivity (Wildman–Crippen MR) is 134 cm³/mol. The molecule has 1 heterocycles. The lowest BCUT2D eigenvalue weighted by Crippen LogP contribution is -2.42. The van der Waals surface area contributed by atoms with E-state index in [1.54, 1.807) is 0 Å². The quantitative estimate of drug-likeness (QED) is 0.388. The minimum atomic E-state index is -0.758. The van der Waals surface area contributed by atoms with Gasteiger partial charge in [0, 0.05) is 26.1 Å². The number of rotatable bonds is 7. The highest BCUT2D eigenvalue weighted by Gasteiger charge is 2.34. The summed E-state index contributed by atoms with van der Waals surface area (Å²) in [6.45, 7) is 3.41. The van der Waals surface area contributed by atoms with E-state index in [0.717, 1.165) is 61.0 Å². The smallest absolute Gasteiger partial charge is 0.119 e. The Hall–Kier alpha value is -3.14. The maximum absolute atomic E-state index is 11.4. The van der Waals surface area contributed by atoms with Crippen LogP contribution in [-0.2, 0) is 18.6 Å². The SMILES string of the molecule is OC1(c2ccc3cc(OCCc4ccccc4)ccc3c2)CCN(Cc2ccccc2)CC1. The van der Waals surface area contributed by atoms with Crippen molar-refractivity contribution in [1.82, 2.24) is 4.90 Å². The van der Waals surface area contributed by atoms with Gasteiger partial charge >= 0.3 is 0 Å². The van der Waals surface area contributed by atoms with Crippen LogP contribution in [0.1, 0.15) is 29.5 Å². The van der Waals surface area contributed by atoms with E-state index in [0.29, 0.717) is 6.61 Å². The van der Waals surface area contributed by atoms with Gasteiger partial charge in [0.25, 0.3) is 0 Å². The first kappa shape index (κ1) is 21.7. The van der Waals surface area contributed by atoms with Crippen molar-refractivity contribution in [2.24, 2.45) is 0 Å². The molecule has 168 valence electrons. The Balaban J connectivity index is 1.21. The summed E-state index contributed by atoms with van der Waals surface area (Å²) >= 11 is 0. The van der Waals surface area contributed by atoms with Gasteiger partial charge in [-0.25, -0.2) is 0 Å². The maximum Gasteiger partial charge on any atom is 0.119 e. The fourth-order valence-corrected chi connectivity index (χ4v) is 4.75. The molecule has 0 unspecified atom stereocenters. The Labute approximate surface area is 196 Å². The summed E-state index contributed by atoms with van der Waals surface area (Å²) in [4.78, 5) is 2.43. The Morgan fingerprint density at radius 2 is 1.36 bits per heavy atom. The average Bonchev–Trinajstić information content (AvgIpc) is 2.86. The third kappa shape index (κ3) is 5.27. The fraction of sp³-hybridized carbons (Fsp3) is 0.267. The number of nitrogens with zero attached hydrogens (tertiary/aromatic N) is 1. The highest BCUT2D eigenvalue weighted by molar-refractivity contribution is 5.84. The molecule has 1 aliphatic rings. The van der Waals surface area contributed by atoms with Gasteiger partial charge in [0.1, 0.15) is 5.75 Å². The molecular weight excluding hydrogens is 406 g/mol. The molecule has 0 aromatic heterocycles. The summed E-state index contributed by atoms with van der Waals surface area (Å²) in [6, 6.07) is 33.6.